The lowest BCUT2D eigenvalue weighted by Gasteiger charge is -2.16. The van der Waals surface area contributed by atoms with E-state index in [-0.39, 0.29) is 16.6 Å². The summed E-state index contributed by atoms with van der Waals surface area (Å²) in [5.74, 6) is -0.901. The van der Waals surface area contributed by atoms with E-state index in [0.29, 0.717) is 0 Å². The standard InChI is InChI=1S/C10H10BrClFNO/c1-10(2,11)9(15)14-8-6(12)4-3-5-7(8)13/h3-5H,1-2H3,(H,14,15). The second-order valence-electron chi connectivity index (χ2n) is 3.52. The maximum atomic E-state index is 13.3. The number of nitrogens with one attached hydrogen (secondary N) is 1. The van der Waals surface area contributed by atoms with E-state index in [2.05, 4.69) is 21.2 Å². The van der Waals surface area contributed by atoms with Crippen molar-refractivity contribution in [2.24, 2.45) is 0 Å². The van der Waals surface area contributed by atoms with Gasteiger partial charge in [0.1, 0.15) is 5.82 Å². The first-order chi connectivity index (χ1) is 6.82. The van der Waals surface area contributed by atoms with Gasteiger partial charge in [0.25, 0.3) is 0 Å². The molecule has 1 amide bonds. The predicted octanol–water partition coefficient (Wildman–Crippen LogP) is 3.59. The first-order valence-electron chi connectivity index (χ1n) is 4.27. The number of benzene rings is 1. The Morgan fingerprint density at radius 1 is 1.53 bits per heavy atom. The molecule has 5 heteroatoms. The van der Waals surface area contributed by atoms with E-state index in [0.717, 1.165) is 0 Å². The van der Waals surface area contributed by atoms with Crippen molar-refractivity contribution in [3.63, 3.8) is 0 Å². The highest BCUT2D eigenvalue weighted by Gasteiger charge is 2.25. The summed E-state index contributed by atoms with van der Waals surface area (Å²) in [5.41, 5.74) is 0.0108. The molecule has 1 aromatic rings. The zero-order chi connectivity index (χ0) is 11.6. The molecule has 0 unspecified atom stereocenters. The average Bonchev–Trinajstić information content (AvgIpc) is 2.09. The summed E-state index contributed by atoms with van der Waals surface area (Å²) in [5, 5.41) is 2.61. The molecule has 15 heavy (non-hydrogen) atoms. The molecule has 2 nitrogen and oxygen atoms in total. The summed E-state index contributed by atoms with van der Waals surface area (Å²) < 4.78 is 12.5. The second kappa shape index (κ2) is 4.49. The van der Waals surface area contributed by atoms with Crippen LogP contribution in [0.4, 0.5) is 10.1 Å². The Morgan fingerprint density at radius 3 is 2.60 bits per heavy atom. The van der Waals surface area contributed by atoms with Crippen LogP contribution in [0.25, 0.3) is 0 Å². The maximum absolute atomic E-state index is 13.3. The van der Waals surface area contributed by atoms with Crippen molar-refractivity contribution in [2.75, 3.05) is 5.32 Å². The zero-order valence-corrected chi connectivity index (χ0v) is 10.6. The molecule has 0 heterocycles. The minimum absolute atomic E-state index is 0.0108. The molecule has 0 spiro atoms. The van der Waals surface area contributed by atoms with Crippen LogP contribution in [-0.2, 0) is 4.79 Å². The van der Waals surface area contributed by atoms with E-state index in [4.69, 9.17) is 11.6 Å². The number of rotatable bonds is 2. The topological polar surface area (TPSA) is 29.1 Å². The molecule has 1 rings (SSSR count). The van der Waals surface area contributed by atoms with Crippen LogP contribution in [-0.4, -0.2) is 10.2 Å². The molecular weight excluding hydrogens is 284 g/mol. The average molecular weight is 295 g/mol. The lowest BCUT2D eigenvalue weighted by atomic mass is 10.2. The highest BCUT2D eigenvalue weighted by molar-refractivity contribution is 9.10. The summed E-state index contributed by atoms with van der Waals surface area (Å²) >= 11 is 8.93. The molecule has 0 fully saturated rings. The van der Waals surface area contributed by atoms with Crippen LogP contribution in [0.2, 0.25) is 5.02 Å². The normalized spacial score (nSPS) is 11.3. The zero-order valence-electron chi connectivity index (χ0n) is 8.27. The molecular formula is C10H10BrClFNO. The fourth-order valence-electron chi connectivity index (χ4n) is 0.879. The molecule has 0 atom stereocenters. The lowest BCUT2D eigenvalue weighted by molar-refractivity contribution is -0.117. The summed E-state index contributed by atoms with van der Waals surface area (Å²) in [6.07, 6.45) is 0. The number of hydrogen-bond donors (Lipinski definition) is 1. The Hall–Kier alpha value is -0.610. The number of anilines is 1. The van der Waals surface area contributed by atoms with Gasteiger partial charge in [-0.15, -0.1) is 0 Å². The number of carbonyl (C=O) groups excluding carboxylic acids is 1. The number of amides is 1. The molecule has 1 N–H and O–H groups in total. The van der Waals surface area contributed by atoms with E-state index in [1.54, 1.807) is 13.8 Å². The number of para-hydroxylation sites is 1. The number of alkyl halides is 1. The van der Waals surface area contributed by atoms with Gasteiger partial charge >= 0.3 is 0 Å². The molecule has 0 aliphatic rings. The third-order valence-corrected chi connectivity index (χ3v) is 2.42. The Balaban J connectivity index is 2.95. The molecule has 0 aliphatic carbocycles. The number of halogens is 3. The van der Waals surface area contributed by atoms with Gasteiger partial charge in [0.2, 0.25) is 5.91 Å². The summed E-state index contributed by atoms with van der Waals surface area (Å²) in [6, 6.07) is 4.23. The van der Waals surface area contributed by atoms with Crippen LogP contribution in [0.3, 0.4) is 0 Å². The Bertz CT molecular complexity index is 369. The van der Waals surface area contributed by atoms with Crippen molar-refractivity contribution in [1.29, 1.82) is 0 Å². The third kappa shape index (κ3) is 3.18. The van der Waals surface area contributed by atoms with Gasteiger partial charge in [-0.25, -0.2) is 4.39 Å². The van der Waals surface area contributed by atoms with Gasteiger partial charge in [-0.3, -0.25) is 4.79 Å². The quantitative estimate of drug-likeness (QED) is 0.830. The first kappa shape index (κ1) is 12.5. The monoisotopic (exact) mass is 293 g/mol. The lowest BCUT2D eigenvalue weighted by Crippen LogP contribution is -2.31. The number of hydrogen-bond acceptors (Lipinski definition) is 1. The van der Waals surface area contributed by atoms with Crippen LogP contribution in [0.5, 0.6) is 0 Å². The van der Waals surface area contributed by atoms with Crippen molar-refractivity contribution < 1.29 is 9.18 Å². The van der Waals surface area contributed by atoms with Gasteiger partial charge < -0.3 is 5.32 Å². The molecule has 0 radical (unpaired) electrons. The first-order valence-corrected chi connectivity index (χ1v) is 5.44. The molecule has 0 aliphatic heterocycles. The van der Waals surface area contributed by atoms with E-state index < -0.39 is 10.1 Å². The van der Waals surface area contributed by atoms with Crippen molar-refractivity contribution in [3.05, 3.63) is 29.0 Å². The fourth-order valence-corrected chi connectivity index (χ4v) is 1.19. The predicted molar refractivity (Wildman–Crippen MR) is 63.0 cm³/mol. The fraction of sp³-hybridized carbons (Fsp3) is 0.300. The van der Waals surface area contributed by atoms with Crippen molar-refractivity contribution in [2.45, 2.75) is 18.2 Å². The highest BCUT2D eigenvalue weighted by Crippen LogP contribution is 2.27. The third-order valence-electron chi connectivity index (χ3n) is 1.74. The minimum atomic E-state index is -0.765. The number of carbonyl (C=O) groups is 1. The van der Waals surface area contributed by atoms with Crippen molar-refractivity contribution in [1.82, 2.24) is 0 Å². The molecule has 1 aromatic carbocycles. The highest BCUT2D eigenvalue weighted by atomic mass is 79.9. The van der Waals surface area contributed by atoms with Gasteiger partial charge in [-0.2, -0.15) is 0 Å². The molecule has 0 saturated heterocycles. The van der Waals surface area contributed by atoms with Crippen LogP contribution in [0.15, 0.2) is 18.2 Å². The van der Waals surface area contributed by atoms with Crippen molar-refractivity contribution >= 4 is 39.1 Å². The van der Waals surface area contributed by atoms with Crippen molar-refractivity contribution in [3.8, 4) is 0 Å². The molecule has 82 valence electrons. The summed E-state index contributed by atoms with van der Waals surface area (Å²) in [4.78, 5) is 11.6. The maximum Gasteiger partial charge on any atom is 0.240 e. The van der Waals surface area contributed by atoms with Gasteiger partial charge in [0.15, 0.2) is 0 Å². The Kier molecular flexibility index (Phi) is 3.73. The van der Waals surface area contributed by atoms with Gasteiger partial charge in [0, 0.05) is 0 Å². The molecule has 0 aromatic heterocycles. The van der Waals surface area contributed by atoms with Crippen LogP contribution in [0, 0.1) is 5.82 Å². The largest absolute Gasteiger partial charge is 0.321 e. The SMILES string of the molecule is CC(C)(Br)C(=O)Nc1c(F)cccc1Cl. The molecule has 0 saturated carbocycles. The van der Waals surface area contributed by atoms with E-state index >= 15 is 0 Å². The van der Waals surface area contributed by atoms with Gasteiger partial charge in [-0.1, -0.05) is 33.6 Å². The second-order valence-corrected chi connectivity index (χ2v) is 5.91. The Labute approximate surface area is 101 Å². The van der Waals surface area contributed by atoms with E-state index in [9.17, 15) is 9.18 Å². The van der Waals surface area contributed by atoms with E-state index in [1.165, 1.54) is 18.2 Å². The Morgan fingerprint density at radius 2 is 2.13 bits per heavy atom. The van der Waals surface area contributed by atoms with Gasteiger partial charge in [0.05, 0.1) is 15.0 Å². The molecule has 0 bridgehead atoms. The van der Waals surface area contributed by atoms with E-state index in [1.807, 2.05) is 0 Å². The summed E-state index contributed by atoms with van der Waals surface area (Å²) in [7, 11) is 0. The minimum Gasteiger partial charge on any atom is -0.321 e. The van der Waals surface area contributed by atoms with Crippen LogP contribution in [0.1, 0.15) is 13.8 Å². The summed E-state index contributed by atoms with van der Waals surface area (Å²) in [6.45, 7) is 3.33. The smallest absolute Gasteiger partial charge is 0.240 e. The van der Waals surface area contributed by atoms with Crippen LogP contribution < -0.4 is 5.32 Å². The van der Waals surface area contributed by atoms with Crippen LogP contribution >= 0.6 is 27.5 Å². The van der Waals surface area contributed by atoms with Gasteiger partial charge in [-0.05, 0) is 26.0 Å².